The Morgan fingerprint density at radius 1 is 1.22 bits per heavy atom. The number of hydroxylamine groups is 3. The van der Waals surface area contributed by atoms with Gasteiger partial charge in [0.15, 0.2) is 5.70 Å². The molecule has 1 aromatic rings. The van der Waals surface area contributed by atoms with Gasteiger partial charge in [-0.25, -0.2) is 9.64 Å². The second-order valence-corrected chi connectivity index (χ2v) is 8.07. The zero-order valence-electron chi connectivity index (χ0n) is 15.3. The van der Waals surface area contributed by atoms with Crippen molar-refractivity contribution in [2.45, 2.75) is 25.7 Å². The molecule has 0 spiro atoms. The summed E-state index contributed by atoms with van der Waals surface area (Å²) in [5.74, 6) is 0.666. The number of fused-ring (bicyclic) bond motifs is 4. The van der Waals surface area contributed by atoms with Crippen molar-refractivity contribution in [2.75, 3.05) is 0 Å². The van der Waals surface area contributed by atoms with E-state index in [1.807, 2.05) is 36.4 Å². The molecule has 4 atom stereocenters. The summed E-state index contributed by atoms with van der Waals surface area (Å²) in [6, 6.07) is 10.1. The highest BCUT2D eigenvalue weighted by Crippen LogP contribution is 2.54. The van der Waals surface area contributed by atoms with Crippen LogP contribution in [0.15, 0.2) is 86.7 Å². The predicted octanol–water partition coefficient (Wildman–Crippen LogP) is 5.16. The van der Waals surface area contributed by atoms with Crippen molar-refractivity contribution in [3.05, 3.63) is 87.5 Å². The van der Waals surface area contributed by atoms with E-state index in [0.29, 0.717) is 22.3 Å². The van der Waals surface area contributed by atoms with Crippen molar-refractivity contribution in [3.63, 3.8) is 0 Å². The molecule has 2 aliphatic carbocycles. The smallest absolute Gasteiger partial charge is 0.232 e. The van der Waals surface area contributed by atoms with E-state index >= 15 is 0 Å². The van der Waals surface area contributed by atoms with E-state index in [9.17, 15) is 5.21 Å². The number of benzene rings is 1. The quantitative estimate of drug-likeness (QED) is 0.492. The van der Waals surface area contributed by atoms with Crippen molar-refractivity contribution in [2.24, 2.45) is 21.8 Å². The molecule has 0 saturated heterocycles. The summed E-state index contributed by atoms with van der Waals surface area (Å²) < 4.78 is -0.717. The number of hydrogen-bond donors (Lipinski definition) is 0. The highest BCUT2D eigenvalue weighted by molar-refractivity contribution is 6.32. The minimum absolute atomic E-state index is 0.0435. The van der Waals surface area contributed by atoms with Crippen LogP contribution in [0.25, 0.3) is 0 Å². The van der Waals surface area contributed by atoms with Gasteiger partial charge in [0.2, 0.25) is 12.2 Å². The summed E-state index contributed by atoms with van der Waals surface area (Å²) in [7, 11) is 0. The fraction of sp³-hybridized carbons (Fsp3) is 0.273. The maximum absolute atomic E-state index is 14.2. The zero-order chi connectivity index (χ0) is 18.8. The Morgan fingerprint density at radius 3 is 2.78 bits per heavy atom. The normalized spacial score (nSPS) is 36.5. The summed E-state index contributed by atoms with van der Waals surface area (Å²) in [6.07, 6.45) is 10.3. The van der Waals surface area contributed by atoms with Crippen molar-refractivity contribution < 1.29 is 4.65 Å². The second-order valence-electron chi connectivity index (χ2n) is 7.66. The maximum atomic E-state index is 14.2. The first-order valence-electron chi connectivity index (χ1n) is 9.29. The molecule has 0 aromatic heterocycles. The molecular formula is C22H20ClN3O. The van der Waals surface area contributed by atoms with Gasteiger partial charge in [-0.15, -0.1) is 0 Å². The minimum atomic E-state index is -0.717. The number of amidine groups is 1. The topological polar surface area (TPSA) is 47.8 Å². The van der Waals surface area contributed by atoms with Gasteiger partial charge in [-0.1, -0.05) is 74.0 Å². The van der Waals surface area contributed by atoms with E-state index in [2.05, 4.69) is 37.0 Å². The molecule has 0 bridgehead atoms. The zero-order valence-corrected chi connectivity index (χ0v) is 16.0. The van der Waals surface area contributed by atoms with Crippen LogP contribution in [0.4, 0.5) is 0 Å². The number of rotatable bonds is 1. The van der Waals surface area contributed by atoms with Crippen molar-refractivity contribution >= 4 is 23.8 Å². The molecule has 0 radical (unpaired) electrons. The molecule has 5 rings (SSSR count). The second kappa shape index (κ2) is 5.61. The van der Waals surface area contributed by atoms with Crippen LogP contribution in [0.3, 0.4) is 0 Å². The van der Waals surface area contributed by atoms with Crippen molar-refractivity contribution in [3.8, 4) is 0 Å². The lowest BCUT2D eigenvalue weighted by Gasteiger charge is -2.50. The Kier molecular flexibility index (Phi) is 3.51. The Labute approximate surface area is 163 Å². The summed E-state index contributed by atoms with van der Waals surface area (Å²) in [5.41, 5.74) is 2.54. The standard InChI is InChI=1S/C22H20ClN3O/c1-14-11-12-17(23)19-20(14)26(27)13-24-18-10-6-7-15(2)22(18,21(26)25-19)16-8-4-3-5-9-16/h3-10,12-15H,11H2,1-2H3. The number of hydrogen-bond acceptors (Lipinski definition) is 3. The number of nitrogens with zero attached hydrogens (tertiary/aromatic N) is 3. The molecule has 4 aliphatic rings. The van der Waals surface area contributed by atoms with E-state index in [4.69, 9.17) is 16.6 Å². The van der Waals surface area contributed by atoms with Crippen LogP contribution in [-0.2, 0) is 5.41 Å². The summed E-state index contributed by atoms with van der Waals surface area (Å²) in [6.45, 7) is 4.19. The highest BCUT2D eigenvalue weighted by atomic mass is 35.5. The van der Waals surface area contributed by atoms with Crippen molar-refractivity contribution in [1.29, 1.82) is 0 Å². The average molecular weight is 378 g/mol. The Hall–Kier alpha value is -2.27. The number of aliphatic imine (C=N–C) groups is 2. The van der Waals surface area contributed by atoms with Crippen LogP contribution in [-0.4, -0.2) is 16.8 Å². The third-order valence-corrected chi connectivity index (χ3v) is 6.49. The van der Waals surface area contributed by atoms with Gasteiger partial charge in [-0.05, 0) is 18.1 Å². The molecule has 4 nitrogen and oxygen atoms in total. The molecule has 0 fully saturated rings. The molecule has 136 valence electrons. The van der Waals surface area contributed by atoms with E-state index in [-0.39, 0.29) is 11.8 Å². The predicted molar refractivity (Wildman–Crippen MR) is 109 cm³/mol. The first kappa shape index (κ1) is 16.9. The average Bonchev–Trinajstić information content (AvgIpc) is 3.00. The van der Waals surface area contributed by atoms with E-state index in [1.165, 1.54) is 6.34 Å². The fourth-order valence-electron chi connectivity index (χ4n) is 4.87. The number of halogens is 1. The van der Waals surface area contributed by atoms with Crippen LogP contribution < -0.4 is 0 Å². The summed E-state index contributed by atoms with van der Waals surface area (Å²) >= 11 is 6.49. The number of allylic oxidation sites excluding steroid dienone is 6. The third-order valence-electron chi connectivity index (χ3n) is 6.16. The summed E-state index contributed by atoms with van der Waals surface area (Å²) in [5, 5.41) is 14.8. The van der Waals surface area contributed by atoms with Gasteiger partial charge in [-0.2, -0.15) is 4.99 Å². The monoisotopic (exact) mass is 377 g/mol. The van der Waals surface area contributed by atoms with Crippen LogP contribution >= 0.6 is 11.6 Å². The molecule has 0 amide bonds. The van der Waals surface area contributed by atoms with Crippen LogP contribution in [0.5, 0.6) is 0 Å². The van der Waals surface area contributed by atoms with Crippen LogP contribution in [0, 0.1) is 17.0 Å². The highest BCUT2D eigenvalue weighted by Gasteiger charge is 2.60. The van der Waals surface area contributed by atoms with Crippen molar-refractivity contribution in [1.82, 2.24) is 0 Å². The molecule has 5 heteroatoms. The lowest BCUT2D eigenvalue weighted by atomic mass is 9.64. The summed E-state index contributed by atoms with van der Waals surface area (Å²) in [4.78, 5) is 9.59. The Balaban J connectivity index is 1.83. The van der Waals surface area contributed by atoms with Gasteiger partial charge in [0, 0.05) is 11.8 Å². The van der Waals surface area contributed by atoms with Gasteiger partial charge >= 0.3 is 0 Å². The molecule has 4 unspecified atom stereocenters. The Bertz CT molecular complexity index is 1020. The molecule has 1 aromatic carbocycles. The molecular weight excluding hydrogens is 358 g/mol. The lowest BCUT2D eigenvalue weighted by Crippen LogP contribution is -2.60. The van der Waals surface area contributed by atoms with Crippen LogP contribution in [0.1, 0.15) is 25.8 Å². The van der Waals surface area contributed by atoms with E-state index in [1.54, 1.807) is 0 Å². The lowest BCUT2D eigenvalue weighted by molar-refractivity contribution is -0.644. The van der Waals surface area contributed by atoms with Gasteiger partial charge in [0.1, 0.15) is 11.1 Å². The third kappa shape index (κ3) is 2.01. The fourth-order valence-corrected chi connectivity index (χ4v) is 5.10. The van der Waals surface area contributed by atoms with Gasteiger partial charge in [-0.3, -0.25) is 0 Å². The SMILES string of the molecule is CC1CC=C(Cl)C2=C1[N+]1([O-])C=NC3=CC=CC(C)C3(c3ccccc3)C1=N2. The first-order chi connectivity index (χ1) is 13.0. The largest absolute Gasteiger partial charge is 0.615 e. The molecule has 0 N–H and O–H groups in total. The molecule has 2 heterocycles. The molecule has 2 aliphatic heterocycles. The van der Waals surface area contributed by atoms with Crippen LogP contribution in [0.2, 0.25) is 0 Å². The molecule has 27 heavy (non-hydrogen) atoms. The first-order valence-corrected chi connectivity index (χ1v) is 9.67. The molecule has 0 saturated carbocycles. The van der Waals surface area contributed by atoms with Gasteiger partial charge in [0.05, 0.1) is 10.7 Å². The maximum Gasteiger partial charge on any atom is 0.232 e. The number of quaternary nitrogens is 1. The van der Waals surface area contributed by atoms with E-state index in [0.717, 1.165) is 17.7 Å². The Morgan fingerprint density at radius 2 is 2.00 bits per heavy atom. The van der Waals surface area contributed by atoms with E-state index < -0.39 is 10.1 Å². The van der Waals surface area contributed by atoms with Gasteiger partial charge in [0.25, 0.3) is 0 Å². The van der Waals surface area contributed by atoms with Gasteiger partial charge < -0.3 is 5.21 Å². The minimum Gasteiger partial charge on any atom is -0.615 e.